The zero-order valence-electron chi connectivity index (χ0n) is 17.1. The van der Waals surface area contributed by atoms with Crippen LogP contribution in [0.25, 0.3) is 0 Å². The first-order valence-corrected chi connectivity index (χ1v) is 10.6. The summed E-state index contributed by atoms with van der Waals surface area (Å²) >= 11 is 0. The lowest BCUT2D eigenvalue weighted by molar-refractivity contribution is -0.136. The number of carbonyl (C=O) groups excluding carboxylic acids is 3. The average molecular weight is 399 g/mol. The maximum absolute atomic E-state index is 12.9. The highest BCUT2D eigenvalue weighted by molar-refractivity contribution is 6.05. The summed E-state index contributed by atoms with van der Waals surface area (Å²) in [7, 11) is 0. The molecule has 0 aromatic heterocycles. The molecule has 2 atom stereocenters. The zero-order chi connectivity index (χ0) is 20.8. The number of nitrogens with zero attached hydrogens (tertiary/aromatic N) is 1. The van der Waals surface area contributed by atoms with E-state index in [2.05, 4.69) is 24.5 Å². The van der Waals surface area contributed by atoms with Crippen molar-refractivity contribution in [2.45, 2.75) is 64.1 Å². The lowest BCUT2D eigenvalue weighted by Gasteiger charge is -2.51. The van der Waals surface area contributed by atoms with Gasteiger partial charge in [0.25, 0.3) is 5.91 Å². The minimum absolute atomic E-state index is 0.185. The SMILES string of the molecule is CCC1(CC)CNCCC1(O)c1ccc2c(c1)CN(C1CCC(=O)NC1=O)C2=O. The molecule has 7 nitrogen and oxygen atoms in total. The van der Waals surface area contributed by atoms with Gasteiger partial charge in [0.1, 0.15) is 6.04 Å². The van der Waals surface area contributed by atoms with Crippen LogP contribution in [0.5, 0.6) is 0 Å². The van der Waals surface area contributed by atoms with Crippen LogP contribution in [0.4, 0.5) is 0 Å². The molecule has 29 heavy (non-hydrogen) atoms. The van der Waals surface area contributed by atoms with Gasteiger partial charge in [-0.15, -0.1) is 0 Å². The Morgan fingerprint density at radius 1 is 1.21 bits per heavy atom. The summed E-state index contributed by atoms with van der Waals surface area (Å²) in [6.07, 6.45) is 2.92. The van der Waals surface area contributed by atoms with E-state index in [0.29, 0.717) is 24.9 Å². The van der Waals surface area contributed by atoms with E-state index in [4.69, 9.17) is 0 Å². The van der Waals surface area contributed by atoms with Crippen LogP contribution in [0, 0.1) is 5.41 Å². The molecule has 3 amide bonds. The molecule has 3 aliphatic rings. The number of piperidine rings is 2. The van der Waals surface area contributed by atoms with Gasteiger partial charge in [-0.3, -0.25) is 19.7 Å². The van der Waals surface area contributed by atoms with Crippen LogP contribution in [0.3, 0.4) is 0 Å². The van der Waals surface area contributed by atoms with Gasteiger partial charge in [0.15, 0.2) is 0 Å². The third-order valence-electron chi connectivity index (χ3n) is 7.36. The molecule has 0 aliphatic carbocycles. The molecule has 4 rings (SSSR count). The fourth-order valence-electron chi connectivity index (χ4n) is 5.38. The summed E-state index contributed by atoms with van der Waals surface area (Å²) in [5.41, 5.74) is 1.05. The first-order chi connectivity index (χ1) is 13.8. The minimum Gasteiger partial charge on any atom is -0.384 e. The number of carbonyl (C=O) groups is 3. The van der Waals surface area contributed by atoms with Crippen LogP contribution in [-0.4, -0.2) is 46.9 Å². The molecule has 2 fully saturated rings. The van der Waals surface area contributed by atoms with Gasteiger partial charge in [-0.25, -0.2) is 0 Å². The minimum atomic E-state index is -0.956. The number of hydrogen-bond donors (Lipinski definition) is 3. The molecule has 1 aromatic carbocycles. The molecular formula is C22H29N3O4. The standard InChI is InChI=1S/C22H29N3O4/c1-3-21(4-2)13-23-10-9-22(21,29)15-5-6-16-14(11-15)12-25(20(16)28)17-7-8-18(26)24-19(17)27/h5-6,11,17,23,29H,3-4,7-10,12-13H2,1-2H3,(H,24,26,27). The molecule has 0 bridgehead atoms. The Hall–Kier alpha value is -2.25. The predicted octanol–water partition coefficient (Wildman–Crippen LogP) is 1.43. The van der Waals surface area contributed by atoms with Crippen molar-refractivity contribution in [2.75, 3.05) is 13.1 Å². The number of benzene rings is 1. The van der Waals surface area contributed by atoms with Crippen molar-refractivity contribution in [2.24, 2.45) is 5.41 Å². The Morgan fingerprint density at radius 2 is 1.97 bits per heavy atom. The molecule has 0 radical (unpaired) electrons. The monoisotopic (exact) mass is 399 g/mol. The summed E-state index contributed by atoms with van der Waals surface area (Å²) in [6, 6.07) is 4.98. The highest BCUT2D eigenvalue weighted by atomic mass is 16.3. The fourth-order valence-corrected chi connectivity index (χ4v) is 5.38. The van der Waals surface area contributed by atoms with Crippen LogP contribution in [0.15, 0.2) is 18.2 Å². The van der Waals surface area contributed by atoms with E-state index in [1.165, 1.54) is 0 Å². The molecule has 2 saturated heterocycles. The first-order valence-electron chi connectivity index (χ1n) is 10.6. The van der Waals surface area contributed by atoms with Crippen molar-refractivity contribution in [1.29, 1.82) is 0 Å². The van der Waals surface area contributed by atoms with Gasteiger partial charge < -0.3 is 15.3 Å². The molecule has 3 aliphatic heterocycles. The molecule has 2 unspecified atom stereocenters. The Labute approximate surface area is 170 Å². The van der Waals surface area contributed by atoms with Gasteiger partial charge in [-0.1, -0.05) is 26.0 Å². The van der Waals surface area contributed by atoms with Crippen molar-refractivity contribution in [1.82, 2.24) is 15.5 Å². The van der Waals surface area contributed by atoms with Crippen LogP contribution in [0.1, 0.15) is 67.4 Å². The van der Waals surface area contributed by atoms with E-state index in [-0.39, 0.29) is 23.7 Å². The van der Waals surface area contributed by atoms with Gasteiger partial charge in [0.05, 0.1) is 5.60 Å². The number of fused-ring (bicyclic) bond motifs is 1. The van der Waals surface area contributed by atoms with Crippen molar-refractivity contribution in [3.8, 4) is 0 Å². The number of imide groups is 1. The summed E-state index contributed by atoms with van der Waals surface area (Å²) in [4.78, 5) is 38.2. The number of rotatable bonds is 4. The topological polar surface area (TPSA) is 98.7 Å². The van der Waals surface area contributed by atoms with Gasteiger partial charge in [0.2, 0.25) is 11.8 Å². The molecule has 7 heteroatoms. The smallest absolute Gasteiger partial charge is 0.255 e. The van der Waals surface area contributed by atoms with Crippen molar-refractivity contribution in [3.63, 3.8) is 0 Å². The molecular weight excluding hydrogens is 370 g/mol. The van der Waals surface area contributed by atoms with Crippen LogP contribution < -0.4 is 10.6 Å². The van der Waals surface area contributed by atoms with E-state index in [9.17, 15) is 19.5 Å². The van der Waals surface area contributed by atoms with E-state index >= 15 is 0 Å². The van der Waals surface area contributed by atoms with Crippen LogP contribution in [0.2, 0.25) is 0 Å². The van der Waals surface area contributed by atoms with Crippen molar-refractivity contribution < 1.29 is 19.5 Å². The molecule has 0 saturated carbocycles. The van der Waals surface area contributed by atoms with E-state index in [1.807, 2.05) is 12.1 Å². The molecule has 3 N–H and O–H groups in total. The second kappa shape index (κ2) is 7.22. The summed E-state index contributed by atoms with van der Waals surface area (Å²) in [6.45, 7) is 6.06. The maximum atomic E-state index is 12.9. The second-order valence-electron chi connectivity index (χ2n) is 8.55. The third-order valence-corrected chi connectivity index (χ3v) is 7.36. The van der Waals surface area contributed by atoms with Gasteiger partial charge in [-0.2, -0.15) is 0 Å². The summed E-state index contributed by atoms with van der Waals surface area (Å²) in [5, 5.41) is 17.6. The first kappa shape index (κ1) is 20.0. The Kier molecular flexibility index (Phi) is 4.99. The Morgan fingerprint density at radius 3 is 2.66 bits per heavy atom. The second-order valence-corrected chi connectivity index (χ2v) is 8.55. The van der Waals surface area contributed by atoms with Gasteiger partial charge >= 0.3 is 0 Å². The molecule has 0 spiro atoms. The predicted molar refractivity (Wildman–Crippen MR) is 107 cm³/mol. The number of hydrogen-bond acceptors (Lipinski definition) is 5. The van der Waals surface area contributed by atoms with Crippen LogP contribution in [-0.2, 0) is 21.7 Å². The molecule has 1 aromatic rings. The quantitative estimate of drug-likeness (QED) is 0.666. The zero-order valence-corrected chi connectivity index (χ0v) is 17.1. The lowest BCUT2D eigenvalue weighted by Crippen LogP contribution is -2.56. The number of amides is 3. The third kappa shape index (κ3) is 2.99. The lowest BCUT2D eigenvalue weighted by atomic mass is 9.61. The van der Waals surface area contributed by atoms with Crippen LogP contribution >= 0.6 is 0 Å². The highest BCUT2D eigenvalue weighted by Gasteiger charge is 2.51. The fraction of sp³-hybridized carbons (Fsp3) is 0.591. The van der Waals surface area contributed by atoms with Gasteiger partial charge in [0, 0.05) is 30.5 Å². The summed E-state index contributed by atoms with van der Waals surface area (Å²) in [5.74, 6) is -0.882. The van der Waals surface area contributed by atoms with E-state index < -0.39 is 17.6 Å². The van der Waals surface area contributed by atoms with Crippen molar-refractivity contribution in [3.05, 3.63) is 34.9 Å². The van der Waals surface area contributed by atoms with E-state index in [1.54, 1.807) is 11.0 Å². The molecule has 3 heterocycles. The largest absolute Gasteiger partial charge is 0.384 e. The van der Waals surface area contributed by atoms with Gasteiger partial charge in [-0.05, 0) is 49.4 Å². The highest BCUT2D eigenvalue weighted by Crippen LogP contribution is 2.49. The average Bonchev–Trinajstić information content (AvgIpc) is 3.04. The number of aliphatic hydroxyl groups is 1. The Bertz CT molecular complexity index is 864. The normalized spacial score (nSPS) is 29.0. The van der Waals surface area contributed by atoms with E-state index in [0.717, 1.165) is 37.1 Å². The Balaban J connectivity index is 1.65. The number of nitrogens with one attached hydrogen (secondary N) is 2. The summed E-state index contributed by atoms with van der Waals surface area (Å²) < 4.78 is 0. The maximum Gasteiger partial charge on any atom is 0.255 e. The molecule has 156 valence electrons. The van der Waals surface area contributed by atoms with Crippen molar-refractivity contribution >= 4 is 17.7 Å².